The molecule has 3 nitrogen and oxygen atoms in total. The smallest absolute Gasteiger partial charge is 0.262 e. The van der Waals surface area contributed by atoms with Crippen molar-refractivity contribution in [2.24, 2.45) is 0 Å². The van der Waals surface area contributed by atoms with Crippen molar-refractivity contribution in [1.29, 1.82) is 0 Å². The molecule has 2 aromatic heterocycles. The highest BCUT2D eigenvalue weighted by Crippen LogP contribution is 2.13. The molecule has 0 amide bonds. The van der Waals surface area contributed by atoms with Gasteiger partial charge in [0.25, 0.3) is 5.52 Å². The summed E-state index contributed by atoms with van der Waals surface area (Å²) in [6.45, 7) is 1.82. The lowest BCUT2D eigenvalue weighted by Crippen LogP contribution is -2.24. The van der Waals surface area contributed by atoms with E-state index in [0.29, 0.717) is 11.1 Å². The SMILES string of the molecule is Cc1cc2c(ccc[n+]2[O-])o1. The maximum atomic E-state index is 11.0. The van der Waals surface area contributed by atoms with E-state index >= 15 is 0 Å². The summed E-state index contributed by atoms with van der Waals surface area (Å²) >= 11 is 0. The summed E-state index contributed by atoms with van der Waals surface area (Å²) in [5, 5.41) is 11.0. The maximum Gasteiger partial charge on any atom is 0.262 e. The first-order chi connectivity index (χ1) is 5.27. The molecule has 0 radical (unpaired) electrons. The van der Waals surface area contributed by atoms with Gasteiger partial charge in [0.05, 0.1) is 6.07 Å². The molecule has 56 valence electrons. The predicted molar refractivity (Wildman–Crippen MR) is 39.9 cm³/mol. The number of fused-ring (bicyclic) bond motifs is 1. The first-order valence-corrected chi connectivity index (χ1v) is 3.36. The Bertz CT molecular complexity index is 392. The summed E-state index contributed by atoms with van der Waals surface area (Å²) in [5.41, 5.74) is 1.23. The Morgan fingerprint density at radius 2 is 2.36 bits per heavy atom. The molecule has 0 atom stereocenters. The van der Waals surface area contributed by atoms with Gasteiger partial charge in [0.1, 0.15) is 5.76 Å². The van der Waals surface area contributed by atoms with Crippen LogP contribution in [0.2, 0.25) is 0 Å². The molecule has 0 aliphatic heterocycles. The highest BCUT2D eigenvalue weighted by atomic mass is 16.5. The fourth-order valence-electron chi connectivity index (χ4n) is 1.10. The van der Waals surface area contributed by atoms with Gasteiger partial charge in [-0.3, -0.25) is 0 Å². The van der Waals surface area contributed by atoms with Gasteiger partial charge >= 0.3 is 0 Å². The highest BCUT2D eigenvalue weighted by Gasteiger charge is 2.06. The van der Waals surface area contributed by atoms with E-state index in [4.69, 9.17) is 4.42 Å². The predicted octanol–water partition coefficient (Wildman–Crippen LogP) is 1.37. The molecule has 0 aliphatic rings. The van der Waals surface area contributed by atoms with E-state index in [1.807, 2.05) is 6.92 Å². The zero-order valence-corrected chi connectivity index (χ0v) is 6.07. The van der Waals surface area contributed by atoms with Crippen LogP contribution >= 0.6 is 0 Å². The van der Waals surface area contributed by atoms with Crippen LogP contribution in [-0.4, -0.2) is 0 Å². The van der Waals surface area contributed by atoms with Crippen LogP contribution in [0.4, 0.5) is 0 Å². The Morgan fingerprint density at radius 3 is 3.09 bits per heavy atom. The Kier molecular flexibility index (Phi) is 1.12. The topological polar surface area (TPSA) is 40.1 Å². The summed E-state index contributed by atoms with van der Waals surface area (Å²) in [4.78, 5) is 0. The van der Waals surface area contributed by atoms with Crippen LogP contribution in [-0.2, 0) is 0 Å². The Balaban J connectivity index is 2.90. The van der Waals surface area contributed by atoms with Gasteiger partial charge in [0.15, 0.2) is 11.8 Å². The van der Waals surface area contributed by atoms with Crippen molar-refractivity contribution in [3.05, 3.63) is 35.4 Å². The number of rotatable bonds is 0. The fourth-order valence-corrected chi connectivity index (χ4v) is 1.10. The minimum Gasteiger partial charge on any atom is -0.618 e. The second-order valence-corrected chi connectivity index (χ2v) is 2.44. The van der Waals surface area contributed by atoms with E-state index in [1.54, 1.807) is 18.2 Å². The first kappa shape index (κ1) is 6.22. The lowest BCUT2D eigenvalue weighted by atomic mass is 10.4. The van der Waals surface area contributed by atoms with Crippen molar-refractivity contribution in [2.75, 3.05) is 0 Å². The summed E-state index contributed by atoms with van der Waals surface area (Å²) in [6, 6.07) is 5.16. The van der Waals surface area contributed by atoms with Crippen molar-refractivity contribution < 1.29 is 9.15 Å². The number of pyridine rings is 1. The van der Waals surface area contributed by atoms with Crippen LogP contribution in [0.3, 0.4) is 0 Å². The van der Waals surface area contributed by atoms with Crippen molar-refractivity contribution in [2.45, 2.75) is 6.92 Å². The summed E-state index contributed by atoms with van der Waals surface area (Å²) < 4.78 is 6.03. The number of furan rings is 1. The maximum absolute atomic E-state index is 11.0. The van der Waals surface area contributed by atoms with Gasteiger partial charge in [0, 0.05) is 6.07 Å². The van der Waals surface area contributed by atoms with Gasteiger partial charge in [-0.1, -0.05) is 0 Å². The zero-order valence-electron chi connectivity index (χ0n) is 6.07. The van der Waals surface area contributed by atoms with E-state index in [9.17, 15) is 5.21 Å². The van der Waals surface area contributed by atoms with E-state index in [-0.39, 0.29) is 0 Å². The Morgan fingerprint density at radius 1 is 1.55 bits per heavy atom. The number of nitrogens with zero attached hydrogens (tertiary/aromatic N) is 1. The minimum atomic E-state index is 0.588. The quantitative estimate of drug-likeness (QED) is 0.419. The molecule has 0 aromatic carbocycles. The molecule has 2 heterocycles. The van der Waals surface area contributed by atoms with Gasteiger partial charge in [-0.05, 0) is 13.0 Å². The number of hydrogen-bond acceptors (Lipinski definition) is 2. The van der Waals surface area contributed by atoms with E-state index in [1.165, 1.54) is 6.20 Å². The van der Waals surface area contributed by atoms with Crippen LogP contribution in [0.15, 0.2) is 28.8 Å². The van der Waals surface area contributed by atoms with E-state index in [2.05, 4.69) is 0 Å². The van der Waals surface area contributed by atoms with Gasteiger partial charge in [-0.2, -0.15) is 4.73 Å². The van der Waals surface area contributed by atoms with Gasteiger partial charge in [0.2, 0.25) is 0 Å². The lowest BCUT2D eigenvalue weighted by Gasteiger charge is -1.92. The standard InChI is InChI=1S/C8H7NO2/c1-6-5-7-8(11-6)3-2-4-9(7)10/h2-5H,1H3. The van der Waals surface area contributed by atoms with Crippen LogP contribution < -0.4 is 4.73 Å². The van der Waals surface area contributed by atoms with Crippen LogP contribution in [0.25, 0.3) is 11.1 Å². The number of aromatic nitrogens is 1. The largest absolute Gasteiger partial charge is 0.618 e. The number of aryl methyl sites for hydroxylation is 1. The number of hydrogen-bond donors (Lipinski definition) is 0. The van der Waals surface area contributed by atoms with E-state index < -0.39 is 0 Å². The molecule has 2 rings (SSSR count). The van der Waals surface area contributed by atoms with Crippen molar-refractivity contribution >= 4 is 11.1 Å². The second kappa shape index (κ2) is 1.99. The normalized spacial score (nSPS) is 10.6. The summed E-state index contributed by atoms with van der Waals surface area (Å²) in [5.74, 6) is 0.760. The van der Waals surface area contributed by atoms with Gasteiger partial charge in [-0.25, -0.2) is 0 Å². The molecule has 0 N–H and O–H groups in total. The third-order valence-corrected chi connectivity index (χ3v) is 1.57. The third-order valence-electron chi connectivity index (χ3n) is 1.57. The molecule has 3 heteroatoms. The average Bonchev–Trinajstić information content (AvgIpc) is 2.31. The molecule has 0 saturated heterocycles. The van der Waals surface area contributed by atoms with Crippen molar-refractivity contribution in [3.8, 4) is 0 Å². The molecule has 11 heavy (non-hydrogen) atoms. The Labute approximate surface area is 63.5 Å². The molecule has 0 spiro atoms. The Hall–Kier alpha value is -1.51. The fraction of sp³-hybridized carbons (Fsp3) is 0.125. The molecule has 0 aliphatic carbocycles. The molecule has 2 aromatic rings. The van der Waals surface area contributed by atoms with Crippen LogP contribution in [0, 0.1) is 12.1 Å². The summed E-state index contributed by atoms with van der Waals surface area (Å²) in [7, 11) is 0. The van der Waals surface area contributed by atoms with Crippen molar-refractivity contribution in [1.82, 2.24) is 0 Å². The minimum absolute atomic E-state index is 0.588. The molecular formula is C8H7NO2. The summed E-state index contributed by atoms with van der Waals surface area (Å²) in [6.07, 6.45) is 1.46. The molecular weight excluding hydrogens is 142 g/mol. The first-order valence-electron chi connectivity index (χ1n) is 3.36. The third kappa shape index (κ3) is 0.852. The molecule has 0 saturated carbocycles. The molecule has 0 fully saturated rings. The van der Waals surface area contributed by atoms with Crippen LogP contribution in [0.5, 0.6) is 0 Å². The molecule has 0 bridgehead atoms. The van der Waals surface area contributed by atoms with Crippen LogP contribution in [0.1, 0.15) is 5.76 Å². The second-order valence-electron chi connectivity index (χ2n) is 2.44. The van der Waals surface area contributed by atoms with Gasteiger partial charge in [-0.15, -0.1) is 0 Å². The van der Waals surface area contributed by atoms with Gasteiger partial charge < -0.3 is 9.62 Å². The zero-order chi connectivity index (χ0) is 7.84. The van der Waals surface area contributed by atoms with E-state index in [0.717, 1.165) is 10.5 Å². The molecule has 0 unspecified atom stereocenters. The monoisotopic (exact) mass is 149 g/mol. The highest BCUT2D eigenvalue weighted by molar-refractivity contribution is 5.69. The van der Waals surface area contributed by atoms with Crippen molar-refractivity contribution in [3.63, 3.8) is 0 Å². The average molecular weight is 149 g/mol. The lowest BCUT2D eigenvalue weighted by molar-refractivity contribution is -0.577.